The average Bonchev–Trinajstić information content (AvgIpc) is 2.87. The van der Waals surface area contributed by atoms with Crippen molar-refractivity contribution < 1.29 is 28.5 Å². The lowest BCUT2D eigenvalue weighted by Crippen LogP contribution is -2.29. The van der Waals surface area contributed by atoms with Gasteiger partial charge in [-0.25, -0.2) is 8.42 Å². The minimum atomic E-state index is -3.51. The Balaban J connectivity index is 2.15. The van der Waals surface area contributed by atoms with Gasteiger partial charge in [0.05, 0.1) is 25.1 Å². The molecule has 0 aliphatic carbocycles. The summed E-state index contributed by atoms with van der Waals surface area (Å²) in [5, 5.41) is 29.1. The number of sulfone groups is 1. The molecule has 0 unspecified atom stereocenters. The van der Waals surface area contributed by atoms with Gasteiger partial charge < -0.3 is 20.1 Å². The summed E-state index contributed by atoms with van der Waals surface area (Å²) in [7, 11) is -2.03. The van der Waals surface area contributed by atoms with Gasteiger partial charge in [0, 0.05) is 7.11 Å². The summed E-state index contributed by atoms with van der Waals surface area (Å²) < 4.78 is 29.6. The molecule has 1 aliphatic rings. The van der Waals surface area contributed by atoms with Crippen LogP contribution in [0.1, 0.15) is 36.5 Å². The molecule has 0 aromatic heterocycles. The lowest BCUT2D eigenvalue weighted by Gasteiger charge is -2.19. The van der Waals surface area contributed by atoms with E-state index >= 15 is 0 Å². The van der Waals surface area contributed by atoms with E-state index in [1.807, 2.05) is 39.0 Å². The zero-order valence-corrected chi connectivity index (χ0v) is 17.7. The van der Waals surface area contributed by atoms with Gasteiger partial charge in [0.2, 0.25) is 0 Å². The van der Waals surface area contributed by atoms with Gasteiger partial charge in [0.15, 0.2) is 9.84 Å². The van der Waals surface area contributed by atoms with E-state index in [2.05, 4.69) is 0 Å². The average molecular weight is 411 g/mol. The van der Waals surface area contributed by atoms with Gasteiger partial charge in [-0.15, -0.1) is 0 Å². The van der Waals surface area contributed by atoms with Gasteiger partial charge in [0.25, 0.3) is 0 Å². The van der Waals surface area contributed by atoms with E-state index in [1.165, 1.54) is 7.11 Å². The second kappa shape index (κ2) is 9.22. The van der Waals surface area contributed by atoms with Gasteiger partial charge in [-0.1, -0.05) is 11.6 Å². The second-order valence-electron chi connectivity index (χ2n) is 7.52. The molecule has 156 valence electrons. The number of phenols is 1. The number of methoxy groups -OCH3 is 1. The molecular formula is C21H30O6S. The van der Waals surface area contributed by atoms with Crippen LogP contribution < -0.4 is 0 Å². The highest BCUT2D eigenvalue weighted by molar-refractivity contribution is 7.92. The van der Waals surface area contributed by atoms with E-state index in [0.29, 0.717) is 29.7 Å². The third-order valence-electron chi connectivity index (χ3n) is 5.15. The van der Waals surface area contributed by atoms with Crippen molar-refractivity contribution in [1.82, 2.24) is 0 Å². The lowest BCUT2D eigenvalue weighted by atomic mass is 9.95. The molecule has 1 aliphatic heterocycles. The highest BCUT2D eigenvalue weighted by Crippen LogP contribution is 2.32. The van der Waals surface area contributed by atoms with Crippen molar-refractivity contribution in [2.75, 3.05) is 26.1 Å². The van der Waals surface area contributed by atoms with Gasteiger partial charge in [0.1, 0.15) is 11.0 Å². The molecule has 2 atom stereocenters. The standard InChI is InChI=1S/C21H30O6S/c1-13(7-16-8-14(2)21(24)15(3)9-16)5-6-18(23)20-17(11-27-4)12-28(25,26)19(20)10-22/h7-9,18-19,22-24H,5-6,10-12H2,1-4H3/b13-7+/t18-,19+/m1/s1. The van der Waals surface area contributed by atoms with Crippen LogP contribution >= 0.6 is 0 Å². The van der Waals surface area contributed by atoms with Crippen molar-refractivity contribution in [3.8, 4) is 5.75 Å². The van der Waals surface area contributed by atoms with E-state index in [1.54, 1.807) is 0 Å². The molecule has 2 rings (SSSR count). The Morgan fingerprint density at radius 2 is 1.93 bits per heavy atom. The summed E-state index contributed by atoms with van der Waals surface area (Å²) in [4.78, 5) is 0. The number of aryl methyl sites for hydroxylation is 2. The molecule has 1 aromatic rings. The molecule has 0 amide bonds. The van der Waals surface area contributed by atoms with Crippen LogP contribution in [0.4, 0.5) is 0 Å². The Hall–Kier alpha value is -1.67. The number of ether oxygens (including phenoxy) is 1. The smallest absolute Gasteiger partial charge is 0.163 e. The molecule has 7 heteroatoms. The molecule has 0 spiro atoms. The number of phenolic OH excluding ortho intramolecular Hbond substituents is 1. The van der Waals surface area contributed by atoms with Crippen LogP contribution in [0.3, 0.4) is 0 Å². The number of aliphatic hydroxyl groups is 2. The molecule has 1 aromatic carbocycles. The number of hydrogen-bond donors (Lipinski definition) is 3. The molecular weight excluding hydrogens is 380 g/mol. The summed E-state index contributed by atoms with van der Waals surface area (Å²) >= 11 is 0. The Bertz CT molecular complexity index is 859. The van der Waals surface area contributed by atoms with Gasteiger partial charge >= 0.3 is 0 Å². The van der Waals surface area contributed by atoms with Crippen LogP contribution in [0.2, 0.25) is 0 Å². The van der Waals surface area contributed by atoms with Gasteiger partial charge in [-0.2, -0.15) is 0 Å². The summed E-state index contributed by atoms with van der Waals surface area (Å²) in [5.74, 6) is 0.111. The minimum Gasteiger partial charge on any atom is -0.507 e. The summed E-state index contributed by atoms with van der Waals surface area (Å²) in [5.41, 5.74) is 4.52. The van der Waals surface area contributed by atoms with Crippen LogP contribution in [0.15, 0.2) is 28.9 Å². The molecule has 1 heterocycles. The van der Waals surface area contributed by atoms with E-state index in [0.717, 1.165) is 22.3 Å². The number of allylic oxidation sites excluding steroid dienone is 1. The Labute approximate surface area is 167 Å². The number of rotatable bonds is 8. The van der Waals surface area contributed by atoms with Crippen LogP contribution in [-0.4, -0.2) is 61.2 Å². The van der Waals surface area contributed by atoms with Gasteiger partial charge in [-0.3, -0.25) is 0 Å². The van der Waals surface area contributed by atoms with Crippen LogP contribution in [0, 0.1) is 13.8 Å². The quantitative estimate of drug-likeness (QED) is 0.568. The van der Waals surface area contributed by atoms with Crippen LogP contribution in [-0.2, 0) is 14.6 Å². The van der Waals surface area contributed by atoms with E-state index in [-0.39, 0.29) is 12.4 Å². The van der Waals surface area contributed by atoms with E-state index < -0.39 is 27.8 Å². The van der Waals surface area contributed by atoms with Crippen molar-refractivity contribution in [3.63, 3.8) is 0 Å². The summed E-state index contributed by atoms with van der Waals surface area (Å²) in [6.07, 6.45) is 1.96. The molecule has 0 radical (unpaired) electrons. The highest BCUT2D eigenvalue weighted by Gasteiger charge is 2.40. The van der Waals surface area contributed by atoms with Crippen molar-refractivity contribution in [2.24, 2.45) is 0 Å². The maximum atomic E-state index is 12.3. The Kier molecular flexibility index (Phi) is 7.45. The third kappa shape index (κ3) is 5.03. The number of aromatic hydroxyl groups is 1. The topological polar surface area (TPSA) is 104 Å². The number of benzene rings is 1. The largest absolute Gasteiger partial charge is 0.507 e. The fourth-order valence-electron chi connectivity index (χ4n) is 3.76. The first-order valence-electron chi connectivity index (χ1n) is 9.29. The maximum Gasteiger partial charge on any atom is 0.163 e. The van der Waals surface area contributed by atoms with Crippen LogP contribution in [0.25, 0.3) is 6.08 Å². The van der Waals surface area contributed by atoms with Crippen molar-refractivity contribution in [1.29, 1.82) is 0 Å². The van der Waals surface area contributed by atoms with Crippen molar-refractivity contribution in [3.05, 3.63) is 45.5 Å². The normalized spacial score (nSPS) is 20.6. The first-order valence-corrected chi connectivity index (χ1v) is 11.0. The van der Waals surface area contributed by atoms with Crippen LogP contribution in [0.5, 0.6) is 5.75 Å². The second-order valence-corrected chi connectivity index (χ2v) is 9.70. The predicted octanol–water partition coefficient (Wildman–Crippen LogP) is 2.29. The fourth-order valence-corrected chi connectivity index (χ4v) is 5.63. The summed E-state index contributed by atoms with van der Waals surface area (Å²) in [6, 6.07) is 3.79. The van der Waals surface area contributed by atoms with Gasteiger partial charge in [-0.05, 0) is 73.6 Å². The summed E-state index contributed by atoms with van der Waals surface area (Å²) in [6.45, 7) is 5.23. The minimum absolute atomic E-state index is 0.128. The molecule has 6 nitrogen and oxygen atoms in total. The SMILES string of the molecule is COCC1=C([C@H](O)CC/C(C)=C/c2cc(C)c(O)c(C)c2)[C@H](CO)S(=O)(=O)C1. The number of hydrogen-bond acceptors (Lipinski definition) is 6. The molecule has 0 saturated heterocycles. The third-order valence-corrected chi connectivity index (χ3v) is 7.17. The van der Waals surface area contributed by atoms with Crippen molar-refractivity contribution in [2.45, 2.75) is 45.0 Å². The first kappa shape index (κ1) is 22.6. The molecule has 3 N–H and O–H groups in total. The Morgan fingerprint density at radius 1 is 1.32 bits per heavy atom. The van der Waals surface area contributed by atoms with E-state index in [9.17, 15) is 23.7 Å². The number of aliphatic hydroxyl groups excluding tert-OH is 2. The molecule has 28 heavy (non-hydrogen) atoms. The Morgan fingerprint density at radius 3 is 2.46 bits per heavy atom. The predicted molar refractivity (Wildman–Crippen MR) is 110 cm³/mol. The van der Waals surface area contributed by atoms with E-state index in [4.69, 9.17) is 4.74 Å². The fraction of sp³-hybridized carbons (Fsp3) is 0.524. The monoisotopic (exact) mass is 410 g/mol. The zero-order valence-electron chi connectivity index (χ0n) is 16.9. The molecule has 0 saturated carbocycles. The van der Waals surface area contributed by atoms with Crippen molar-refractivity contribution >= 4 is 15.9 Å². The molecule has 0 fully saturated rings. The first-order chi connectivity index (χ1) is 13.1. The lowest BCUT2D eigenvalue weighted by molar-refractivity contribution is 0.182. The highest BCUT2D eigenvalue weighted by atomic mass is 32.2. The zero-order chi connectivity index (χ0) is 21.1. The maximum absolute atomic E-state index is 12.3. The molecule has 0 bridgehead atoms.